The van der Waals surface area contributed by atoms with Gasteiger partial charge in [0.1, 0.15) is 5.82 Å². The third kappa shape index (κ3) is 5.71. The van der Waals surface area contributed by atoms with Crippen LogP contribution in [-0.2, 0) is 10.2 Å². The Kier molecular flexibility index (Phi) is 7.42. The number of nitrogens with one attached hydrogen (secondary N) is 3. The minimum absolute atomic E-state index is 0.0349. The Morgan fingerprint density at radius 2 is 2.00 bits per heavy atom. The van der Waals surface area contributed by atoms with E-state index in [-0.39, 0.29) is 23.2 Å². The van der Waals surface area contributed by atoms with Crippen LogP contribution < -0.4 is 16.0 Å². The van der Waals surface area contributed by atoms with Crippen molar-refractivity contribution in [2.24, 2.45) is 4.99 Å². The smallest absolute Gasteiger partial charge is 0.221 e. The summed E-state index contributed by atoms with van der Waals surface area (Å²) < 4.78 is 14.1. The normalized spacial score (nSPS) is 16.7. The lowest BCUT2D eigenvalue weighted by atomic mass is 9.95. The van der Waals surface area contributed by atoms with Crippen LogP contribution in [0.5, 0.6) is 0 Å². The predicted molar refractivity (Wildman–Crippen MR) is 104 cm³/mol. The summed E-state index contributed by atoms with van der Waals surface area (Å²) in [7, 11) is 0. The molecular weight excluding hydrogens is 331 g/mol. The van der Waals surface area contributed by atoms with Gasteiger partial charge in [-0.3, -0.25) is 9.79 Å². The van der Waals surface area contributed by atoms with Crippen molar-refractivity contribution in [3.05, 3.63) is 35.6 Å². The summed E-state index contributed by atoms with van der Waals surface area (Å²) in [4.78, 5) is 16.5. The fraction of sp³-hybridized carbons (Fsp3) is 0.600. The number of halogens is 1. The molecule has 1 aromatic rings. The first kappa shape index (κ1) is 20.2. The summed E-state index contributed by atoms with van der Waals surface area (Å²) >= 11 is 0. The maximum absolute atomic E-state index is 14.1. The summed E-state index contributed by atoms with van der Waals surface area (Å²) in [6, 6.07) is 7.16. The van der Waals surface area contributed by atoms with E-state index in [1.807, 2.05) is 32.9 Å². The Hall–Kier alpha value is -2.11. The molecule has 1 aliphatic rings. The summed E-state index contributed by atoms with van der Waals surface area (Å²) in [6.07, 6.45) is 3.22. The van der Waals surface area contributed by atoms with E-state index in [1.54, 1.807) is 6.07 Å². The largest absolute Gasteiger partial charge is 0.357 e. The number of hydrogen-bond acceptors (Lipinski definition) is 2. The Balaban J connectivity index is 1.89. The van der Waals surface area contributed by atoms with Gasteiger partial charge in [0, 0.05) is 31.0 Å². The van der Waals surface area contributed by atoms with Gasteiger partial charge in [0.15, 0.2) is 5.96 Å². The average molecular weight is 362 g/mol. The van der Waals surface area contributed by atoms with Crippen molar-refractivity contribution in [3.63, 3.8) is 0 Å². The maximum Gasteiger partial charge on any atom is 0.221 e. The van der Waals surface area contributed by atoms with Crippen LogP contribution in [0.2, 0.25) is 0 Å². The van der Waals surface area contributed by atoms with E-state index < -0.39 is 0 Å². The third-order valence-corrected chi connectivity index (χ3v) is 4.85. The molecule has 1 unspecified atom stereocenters. The molecule has 0 saturated heterocycles. The summed E-state index contributed by atoms with van der Waals surface area (Å²) in [6.45, 7) is 7.83. The van der Waals surface area contributed by atoms with Gasteiger partial charge in [0.2, 0.25) is 5.91 Å². The van der Waals surface area contributed by atoms with Crippen molar-refractivity contribution in [1.82, 2.24) is 16.0 Å². The average Bonchev–Trinajstić information content (AvgIpc) is 3.41. The number of benzene rings is 1. The number of nitrogens with zero attached hydrogens (tertiary/aromatic N) is 1. The van der Waals surface area contributed by atoms with Gasteiger partial charge in [-0.1, -0.05) is 25.1 Å². The highest BCUT2D eigenvalue weighted by molar-refractivity contribution is 5.81. The van der Waals surface area contributed by atoms with Crippen LogP contribution >= 0.6 is 0 Å². The molecule has 1 amide bonds. The number of guanidine groups is 1. The summed E-state index contributed by atoms with van der Waals surface area (Å²) in [5.41, 5.74) is 0.578. The first-order valence-electron chi connectivity index (χ1n) is 9.57. The van der Waals surface area contributed by atoms with E-state index in [9.17, 15) is 9.18 Å². The molecule has 0 bridgehead atoms. The van der Waals surface area contributed by atoms with Crippen LogP contribution in [0, 0.1) is 5.82 Å². The van der Waals surface area contributed by atoms with E-state index in [1.165, 1.54) is 6.07 Å². The summed E-state index contributed by atoms with van der Waals surface area (Å²) in [5, 5.41) is 9.33. The van der Waals surface area contributed by atoms with Crippen molar-refractivity contribution in [2.45, 2.75) is 57.9 Å². The number of carbonyl (C=O) groups excluding carboxylic acids is 1. The number of aliphatic imine (C=N–C) groups is 1. The Morgan fingerprint density at radius 1 is 1.27 bits per heavy atom. The Labute approximate surface area is 155 Å². The molecule has 1 saturated carbocycles. The first-order chi connectivity index (χ1) is 12.5. The van der Waals surface area contributed by atoms with Crippen LogP contribution in [0.15, 0.2) is 29.3 Å². The zero-order valence-corrected chi connectivity index (χ0v) is 16.1. The van der Waals surface area contributed by atoms with Gasteiger partial charge in [-0.2, -0.15) is 0 Å². The lowest BCUT2D eigenvalue weighted by molar-refractivity contribution is -0.121. The molecule has 1 aliphatic carbocycles. The zero-order chi connectivity index (χ0) is 19.0. The lowest BCUT2D eigenvalue weighted by Gasteiger charge is -2.17. The maximum atomic E-state index is 14.1. The molecule has 144 valence electrons. The minimum Gasteiger partial charge on any atom is -0.357 e. The highest BCUT2D eigenvalue weighted by Crippen LogP contribution is 2.49. The van der Waals surface area contributed by atoms with Crippen LogP contribution in [0.3, 0.4) is 0 Å². The molecule has 6 heteroatoms. The second-order valence-electron chi connectivity index (χ2n) is 7.01. The molecule has 1 fully saturated rings. The number of hydrogen-bond donors (Lipinski definition) is 3. The fourth-order valence-electron chi connectivity index (χ4n) is 2.87. The Morgan fingerprint density at radius 3 is 2.62 bits per heavy atom. The van der Waals surface area contributed by atoms with Gasteiger partial charge in [0.05, 0.1) is 6.54 Å². The SMILES string of the molecule is CCNC(=NCC1(c2ccccc2F)CC1)NCCC(=O)NC(C)CC. The molecule has 0 aliphatic heterocycles. The summed E-state index contributed by atoms with van der Waals surface area (Å²) in [5.74, 6) is 0.555. The molecule has 26 heavy (non-hydrogen) atoms. The number of rotatable bonds is 9. The zero-order valence-electron chi connectivity index (χ0n) is 16.1. The van der Waals surface area contributed by atoms with Crippen molar-refractivity contribution in [2.75, 3.05) is 19.6 Å². The molecule has 0 radical (unpaired) electrons. The molecule has 5 nitrogen and oxygen atoms in total. The van der Waals surface area contributed by atoms with Crippen molar-refractivity contribution in [3.8, 4) is 0 Å². The van der Waals surface area contributed by atoms with E-state index in [4.69, 9.17) is 0 Å². The molecule has 0 aromatic heterocycles. The third-order valence-electron chi connectivity index (χ3n) is 4.85. The molecule has 1 atom stereocenters. The second kappa shape index (κ2) is 9.55. The lowest BCUT2D eigenvalue weighted by Crippen LogP contribution is -2.40. The van der Waals surface area contributed by atoms with Crippen LogP contribution in [0.25, 0.3) is 0 Å². The topological polar surface area (TPSA) is 65.5 Å². The van der Waals surface area contributed by atoms with E-state index in [2.05, 4.69) is 20.9 Å². The molecule has 0 heterocycles. The monoisotopic (exact) mass is 362 g/mol. The van der Waals surface area contributed by atoms with Gasteiger partial charge in [-0.25, -0.2) is 4.39 Å². The number of carbonyl (C=O) groups is 1. The van der Waals surface area contributed by atoms with Gasteiger partial charge in [-0.05, 0) is 44.7 Å². The van der Waals surface area contributed by atoms with Crippen molar-refractivity contribution in [1.29, 1.82) is 0 Å². The predicted octanol–water partition coefficient (Wildman–Crippen LogP) is 2.72. The van der Waals surface area contributed by atoms with Gasteiger partial charge < -0.3 is 16.0 Å². The van der Waals surface area contributed by atoms with Crippen molar-refractivity contribution >= 4 is 11.9 Å². The van der Waals surface area contributed by atoms with Gasteiger partial charge in [0.25, 0.3) is 0 Å². The molecule has 0 spiro atoms. The minimum atomic E-state index is -0.179. The Bertz CT molecular complexity index is 628. The molecule has 3 N–H and O–H groups in total. The van der Waals surface area contributed by atoms with E-state index >= 15 is 0 Å². The fourth-order valence-corrected chi connectivity index (χ4v) is 2.87. The highest BCUT2D eigenvalue weighted by Gasteiger charge is 2.45. The number of amides is 1. The van der Waals surface area contributed by atoms with Crippen molar-refractivity contribution < 1.29 is 9.18 Å². The second-order valence-corrected chi connectivity index (χ2v) is 7.01. The first-order valence-corrected chi connectivity index (χ1v) is 9.57. The van der Waals surface area contributed by atoms with Gasteiger partial charge >= 0.3 is 0 Å². The van der Waals surface area contributed by atoms with Crippen LogP contribution in [-0.4, -0.2) is 37.5 Å². The van der Waals surface area contributed by atoms with Crippen LogP contribution in [0.1, 0.15) is 52.0 Å². The standard InChI is InChI=1S/C20H31FN4O/c1-4-15(3)25-18(26)10-13-23-19(22-5-2)24-14-20(11-12-20)16-8-6-7-9-17(16)21/h6-9,15H,4-5,10-14H2,1-3H3,(H,25,26)(H2,22,23,24). The molecule has 2 rings (SSSR count). The van der Waals surface area contributed by atoms with Gasteiger partial charge in [-0.15, -0.1) is 0 Å². The quantitative estimate of drug-likeness (QED) is 0.467. The van der Waals surface area contributed by atoms with E-state index in [0.717, 1.165) is 31.4 Å². The molecular formula is C20H31FN4O. The highest BCUT2D eigenvalue weighted by atomic mass is 19.1. The van der Waals surface area contributed by atoms with E-state index in [0.29, 0.717) is 25.5 Å². The molecule has 1 aromatic carbocycles. The van der Waals surface area contributed by atoms with Crippen LogP contribution in [0.4, 0.5) is 4.39 Å².